The van der Waals surface area contributed by atoms with Gasteiger partial charge in [0.25, 0.3) is 0 Å². The standard InChI is InChI=1S/C24H20F3N3O5/c1-2-35-21-12-19(30-23(33)34)18(11-16(21)24(25,26)27)29-22(32)13-20(31)15-7-5-6-14(10-15)17-8-3-4-9-28-17/h3-12,30H,2,13H2,1H3,(H,29,32)(H,33,34). The lowest BCUT2D eigenvalue weighted by molar-refractivity contribution is -0.138. The first-order valence-electron chi connectivity index (χ1n) is 10.3. The lowest BCUT2D eigenvalue weighted by Gasteiger charge is -2.18. The van der Waals surface area contributed by atoms with Gasteiger partial charge in [0.15, 0.2) is 5.78 Å². The minimum Gasteiger partial charge on any atom is -0.493 e. The van der Waals surface area contributed by atoms with E-state index in [9.17, 15) is 27.6 Å². The fourth-order valence-corrected chi connectivity index (χ4v) is 3.23. The Hall–Kier alpha value is -4.41. The Bertz CT molecular complexity index is 1250. The van der Waals surface area contributed by atoms with Gasteiger partial charge in [-0.05, 0) is 31.2 Å². The third-order valence-electron chi connectivity index (χ3n) is 4.71. The molecule has 0 aliphatic heterocycles. The summed E-state index contributed by atoms with van der Waals surface area (Å²) in [5, 5.41) is 13.2. The molecule has 2 aromatic carbocycles. The van der Waals surface area contributed by atoms with Gasteiger partial charge in [-0.25, -0.2) is 4.79 Å². The molecule has 3 aromatic rings. The Labute approximate surface area is 197 Å². The Balaban J connectivity index is 1.85. The van der Waals surface area contributed by atoms with E-state index in [-0.39, 0.29) is 17.9 Å². The van der Waals surface area contributed by atoms with Crippen LogP contribution < -0.4 is 15.4 Å². The fourth-order valence-electron chi connectivity index (χ4n) is 3.23. The zero-order chi connectivity index (χ0) is 25.6. The van der Waals surface area contributed by atoms with Crippen molar-refractivity contribution in [3.8, 4) is 17.0 Å². The van der Waals surface area contributed by atoms with E-state index in [1.54, 1.807) is 42.6 Å². The molecular formula is C24H20F3N3O5. The summed E-state index contributed by atoms with van der Waals surface area (Å²) in [4.78, 5) is 40.5. The number of benzene rings is 2. The van der Waals surface area contributed by atoms with Gasteiger partial charge in [-0.1, -0.05) is 24.3 Å². The number of Topliss-reactive ketones (excluding diaryl/α,β-unsaturated/α-hetero) is 1. The van der Waals surface area contributed by atoms with Crippen molar-refractivity contribution in [2.24, 2.45) is 0 Å². The molecule has 0 bridgehead atoms. The van der Waals surface area contributed by atoms with Crippen LogP contribution in [0.2, 0.25) is 0 Å². The van der Waals surface area contributed by atoms with Gasteiger partial charge in [-0.2, -0.15) is 13.2 Å². The summed E-state index contributed by atoms with van der Waals surface area (Å²) < 4.78 is 45.5. The van der Waals surface area contributed by atoms with E-state index in [1.807, 2.05) is 5.32 Å². The van der Waals surface area contributed by atoms with Crippen LogP contribution in [0, 0.1) is 0 Å². The van der Waals surface area contributed by atoms with Gasteiger partial charge >= 0.3 is 12.3 Å². The van der Waals surface area contributed by atoms with Crippen molar-refractivity contribution >= 4 is 29.2 Å². The van der Waals surface area contributed by atoms with E-state index < -0.39 is 47.4 Å². The molecule has 35 heavy (non-hydrogen) atoms. The highest BCUT2D eigenvalue weighted by molar-refractivity contribution is 6.12. The van der Waals surface area contributed by atoms with Crippen LogP contribution in [-0.4, -0.2) is 34.5 Å². The van der Waals surface area contributed by atoms with E-state index in [1.165, 1.54) is 13.0 Å². The molecule has 0 saturated heterocycles. The monoisotopic (exact) mass is 487 g/mol. The van der Waals surface area contributed by atoms with Crippen molar-refractivity contribution in [2.45, 2.75) is 19.5 Å². The number of carbonyl (C=O) groups excluding carboxylic acids is 2. The van der Waals surface area contributed by atoms with Crippen molar-refractivity contribution in [3.63, 3.8) is 0 Å². The summed E-state index contributed by atoms with van der Waals surface area (Å²) in [5.41, 5.74) is -0.554. The largest absolute Gasteiger partial charge is 0.493 e. The van der Waals surface area contributed by atoms with E-state index in [0.717, 1.165) is 6.07 Å². The highest BCUT2D eigenvalue weighted by Crippen LogP contribution is 2.41. The molecule has 0 saturated carbocycles. The molecule has 0 spiro atoms. The average Bonchev–Trinajstić information content (AvgIpc) is 2.80. The molecule has 0 aliphatic carbocycles. The Morgan fingerprint density at radius 3 is 2.37 bits per heavy atom. The highest BCUT2D eigenvalue weighted by Gasteiger charge is 2.36. The summed E-state index contributed by atoms with van der Waals surface area (Å²) >= 11 is 0. The molecule has 1 aromatic heterocycles. The number of hydrogen-bond donors (Lipinski definition) is 3. The maximum Gasteiger partial charge on any atom is 0.420 e. The summed E-state index contributed by atoms with van der Waals surface area (Å²) in [6.07, 6.45) is -5.50. The Morgan fingerprint density at radius 2 is 1.74 bits per heavy atom. The van der Waals surface area contributed by atoms with Crippen LogP contribution in [0.15, 0.2) is 60.8 Å². The zero-order valence-electron chi connectivity index (χ0n) is 18.3. The third-order valence-corrected chi connectivity index (χ3v) is 4.71. The van der Waals surface area contributed by atoms with Crippen LogP contribution in [-0.2, 0) is 11.0 Å². The number of carbonyl (C=O) groups is 3. The third kappa shape index (κ3) is 6.56. The first-order chi connectivity index (χ1) is 16.6. The number of aromatic nitrogens is 1. The predicted octanol–water partition coefficient (Wildman–Crippen LogP) is 5.47. The quantitative estimate of drug-likeness (QED) is 0.287. The van der Waals surface area contributed by atoms with Gasteiger partial charge < -0.3 is 15.2 Å². The minimum atomic E-state index is -4.84. The maximum atomic E-state index is 13.5. The van der Waals surface area contributed by atoms with Crippen LogP contribution >= 0.6 is 0 Å². The normalized spacial score (nSPS) is 11.0. The van der Waals surface area contributed by atoms with Crippen LogP contribution in [0.4, 0.5) is 29.3 Å². The van der Waals surface area contributed by atoms with Crippen molar-refractivity contribution < 1.29 is 37.4 Å². The molecular weight excluding hydrogens is 467 g/mol. The Kier molecular flexibility index (Phi) is 7.69. The number of nitrogens with one attached hydrogen (secondary N) is 2. The van der Waals surface area contributed by atoms with Gasteiger partial charge in [0.2, 0.25) is 5.91 Å². The van der Waals surface area contributed by atoms with Crippen molar-refractivity contribution in [2.75, 3.05) is 17.2 Å². The van der Waals surface area contributed by atoms with Crippen molar-refractivity contribution in [3.05, 3.63) is 71.9 Å². The second-order valence-corrected chi connectivity index (χ2v) is 7.20. The van der Waals surface area contributed by atoms with Gasteiger partial charge in [0.1, 0.15) is 5.75 Å². The topological polar surface area (TPSA) is 118 Å². The molecule has 3 N–H and O–H groups in total. The lowest BCUT2D eigenvalue weighted by atomic mass is 10.0. The van der Waals surface area contributed by atoms with Crippen molar-refractivity contribution in [1.29, 1.82) is 0 Å². The van der Waals surface area contributed by atoms with Gasteiger partial charge in [0, 0.05) is 23.4 Å². The smallest absolute Gasteiger partial charge is 0.420 e. The molecule has 11 heteroatoms. The van der Waals surface area contributed by atoms with Crippen molar-refractivity contribution in [1.82, 2.24) is 4.98 Å². The molecule has 0 unspecified atom stereocenters. The number of rotatable bonds is 8. The molecule has 182 valence electrons. The molecule has 0 atom stereocenters. The van der Waals surface area contributed by atoms with Gasteiger partial charge in [0.05, 0.1) is 35.7 Å². The number of alkyl halides is 3. The van der Waals surface area contributed by atoms with E-state index >= 15 is 0 Å². The van der Waals surface area contributed by atoms with Gasteiger partial charge in [-0.15, -0.1) is 0 Å². The summed E-state index contributed by atoms with van der Waals surface area (Å²) in [7, 11) is 0. The summed E-state index contributed by atoms with van der Waals surface area (Å²) in [5.74, 6) is -2.12. The highest BCUT2D eigenvalue weighted by atomic mass is 19.4. The number of nitrogens with zero attached hydrogens (tertiary/aromatic N) is 1. The maximum absolute atomic E-state index is 13.5. The second-order valence-electron chi connectivity index (χ2n) is 7.20. The van der Waals surface area contributed by atoms with Crippen LogP contribution in [0.5, 0.6) is 5.75 Å². The number of ketones is 1. The Morgan fingerprint density at radius 1 is 1.00 bits per heavy atom. The molecule has 8 nitrogen and oxygen atoms in total. The number of carboxylic acid groups (broad SMARTS) is 1. The van der Waals surface area contributed by atoms with Gasteiger partial charge in [-0.3, -0.25) is 19.9 Å². The number of halogens is 3. The average molecular weight is 487 g/mol. The molecule has 2 amide bonds. The van der Waals surface area contributed by atoms with E-state index in [2.05, 4.69) is 10.3 Å². The fraction of sp³-hybridized carbons (Fsp3) is 0.167. The van der Waals surface area contributed by atoms with E-state index in [0.29, 0.717) is 17.3 Å². The van der Waals surface area contributed by atoms with E-state index in [4.69, 9.17) is 9.84 Å². The molecule has 1 heterocycles. The molecule has 0 aliphatic rings. The van der Waals surface area contributed by atoms with Crippen LogP contribution in [0.25, 0.3) is 11.3 Å². The van der Waals surface area contributed by atoms with Crippen LogP contribution in [0.1, 0.15) is 29.3 Å². The van der Waals surface area contributed by atoms with Crippen LogP contribution in [0.3, 0.4) is 0 Å². The number of amides is 2. The minimum absolute atomic E-state index is 0.104. The number of pyridine rings is 1. The first-order valence-corrected chi connectivity index (χ1v) is 10.3. The summed E-state index contributed by atoms with van der Waals surface area (Å²) in [6, 6.07) is 13.0. The number of hydrogen-bond acceptors (Lipinski definition) is 5. The summed E-state index contributed by atoms with van der Waals surface area (Å²) in [6.45, 7) is 1.36. The first kappa shape index (κ1) is 25.2. The molecule has 3 rings (SSSR count). The zero-order valence-corrected chi connectivity index (χ0v) is 18.3. The number of ether oxygens (including phenoxy) is 1. The lowest BCUT2D eigenvalue weighted by Crippen LogP contribution is -2.20. The molecule has 0 fully saturated rings. The SMILES string of the molecule is CCOc1cc(NC(=O)O)c(NC(=O)CC(=O)c2cccc(-c3ccccn3)c2)cc1C(F)(F)F. The molecule has 0 radical (unpaired) electrons. The predicted molar refractivity (Wildman–Crippen MR) is 122 cm³/mol. The number of anilines is 2. The second kappa shape index (κ2) is 10.7.